The monoisotopic (exact) mass is 454 g/mol. The van der Waals surface area contributed by atoms with Crippen molar-refractivity contribution in [3.8, 4) is 0 Å². The highest BCUT2D eigenvalue weighted by molar-refractivity contribution is 7.81. The normalized spacial score (nSPS) is 22.1. The van der Waals surface area contributed by atoms with E-state index in [1.807, 2.05) is 0 Å². The average Bonchev–Trinajstić information content (AvgIpc) is 2.66. The number of carbonyl (C=O) groups excluding carboxylic acids is 2. The summed E-state index contributed by atoms with van der Waals surface area (Å²) in [7, 11) is 0. The lowest BCUT2D eigenvalue weighted by atomic mass is 9.86. The molecule has 0 spiro atoms. The van der Waals surface area contributed by atoms with E-state index in [1.165, 1.54) is 0 Å². The van der Waals surface area contributed by atoms with Crippen molar-refractivity contribution in [3.05, 3.63) is 29.8 Å². The minimum Gasteiger partial charge on any atom is -0.342 e. The van der Waals surface area contributed by atoms with Gasteiger partial charge in [0.25, 0.3) is 0 Å². The van der Waals surface area contributed by atoms with Gasteiger partial charge in [0.05, 0.1) is 16.9 Å². The molecule has 1 aliphatic heterocycles. The van der Waals surface area contributed by atoms with Gasteiger partial charge in [0.15, 0.2) is 0 Å². The summed E-state index contributed by atoms with van der Waals surface area (Å²) in [5.41, 5.74) is 4.97. The van der Waals surface area contributed by atoms with Crippen LogP contribution in [0.2, 0.25) is 0 Å². The number of halogens is 5. The van der Waals surface area contributed by atoms with Crippen molar-refractivity contribution < 1.29 is 31.5 Å². The van der Waals surface area contributed by atoms with E-state index in [-0.39, 0.29) is 25.2 Å². The van der Waals surface area contributed by atoms with Crippen molar-refractivity contribution in [2.45, 2.75) is 36.9 Å². The molecule has 0 aromatic heterocycles. The molecule has 0 radical (unpaired) electrons. The zero-order chi connectivity index (χ0) is 22.7. The number of benzene rings is 1. The zero-order valence-corrected chi connectivity index (χ0v) is 16.9. The van der Waals surface area contributed by atoms with Gasteiger partial charge < -0.3 is 21.7 Å². The number of nitrogens with one attached hydrogen (secondary N) is 3. The standard InChI is InChI=1S/C18H23F5N4O2S/c1-17(19,20)11-6-9(7-25-8-11)14(28)27-16(30)13(24)15(29)26-12-4-2-10(3-5-12)18(21,22)23/h2-5,9,11,13,16,25,30H,6-8,24H2,1H3,(H,26,29)(H,27,28). The van der Waals surface area contributed by atoms with Gasteiger partial charge in [0.1, 0.15) is 6.04 Å². The van der Waals surface area contributed by atoms with Crippen molar-refractivity contribution >= 4 is 30.1 Å². The summed E-state index contributed by atoms with van der Waals surface area (Å²) < 4.78 is 64.8. The fourth-order valence-corrected chi connectivity index (χ4v) is 3.26. The van der Waals surface area contributed by atoms with E-state index in [0.717, 1.165) is 31.2 Å². The number of piperidine rings is 1. The average molecular weight is 454 g/mol. The second-order valence-corrected chi connectivity index (χ2v) is 7.84. The number of alkyl halides is 5. The molecule has 1 aromatic carbocycles. The van der Waals surface area contributed by atoms with Crippen LogP contribution in [0.15, 0.2) is 24.3 Å². The summed E-state index contributed by atoms with van der Waals surface area (Å²) in [4.78, 5) is 24.6. The number of thiol groups is 1. The Kier molecular flexibility index (Phi) is 7.69. The number of carbonyl (C=O) groups is 2. The molecular weight excluding hydrogens is 431 g/mol. The van der Waals surface area contributed by atoms with Crippen LogP contribution in [0.3, 0.4) is 0 Å². The Labute approximate surface area is 175 Å². The van der Waals surface area contributed by atoms with Gasteiger partial charge in [-0.25, -0.2) is 8.78 Å². The van der Waals surface area contributed by atoms with Crippen LogP contribution >= 0.6 is 12.6 Å². The summed E-state index contributed by atoms with van der Waals surface area (Å²) in [6, 6.07) is 2.41. The van der Waals surface area contributed by atoms with E-state index in [1.54, 1.807) is 0 Å². The van der Waals surface area contributed by atoms with Crippen molar-refractivity contribution in [1.29, 1.82) is 0 Å². The number of anilines is 1. The predicted octanol–water partition coefficient (Wildman–Crippen LogP) is 2.22. The SMILES string of the molecule is CC(F)(F)C1CNCC(C(=O)NC(S)C(N)C(=O)Nc2ccc(C(F)(F)F)cc2)C1. The van der Waals surface area contributed by atoms with Crippen molar-refractivity contribution in [2.75, 3.05) is 18.4 Å². The van der Waals surface area contributed by atoms with Crippen LogP contribution in [0.5, 0.6) is 0 Å². The molecule has 5 N–H and O–H groups in total. The fraction of sp³-hybridized carbons (Fsp3) is 0.556. The van der Waals surface area contributed by atoms with Gasteiger partial charge in [0.2, 0.25) is 17.7 Å². The third kappa shape index (κ3) is 6.54. The summed E-state index contributed by atoms with van der Waals surface area (Å²) in [6.45, 7) is 1.08. The second-order valence-electron chi connectivity index (χ2n) is 7.29. The highest BCUT2D eigenvalue weighted by Crippen LogP contribution is 2.31. The van der Waals surface area contributed by atoms with Gasteiger partial charge in [-0.05, 0) is 37.6 Å². The molecular formula is C18H23F5N4O2S. The maximum absolute atomic E-state index is 13.5. The quantitative estimate of drug-likeness (QED) is 0.259. The molecule has 168 valence electrons. The van der Waals surface area contributed by atoms with Gasteiger partial charge in [0, 0.05) is 24.7 Å². The molecule has 0 saturated carbocycles. The van der Waals surface area contributed by atoms with Gasteiger partial charge in [-0.3, -0.25) is 9.59 Å². The van der Waals surface area contributed by atoms with Crippen molar-refractivity contribution in [3.63, 3.8) is 0 Å². The number of nitrogens with two attached hydrogens (primary N) is 1. The lowest BCUT2D eigenvalue weighted by Crippen LogP contribution is -2.54. The van der Waals surface area contributed by atoms with Crippen molar-refractivity contribution in [1.82, 2.24) is 10.6 Å². The van der Waals surface area contributed by atoms with E-state index in [9.17, 15) is 31.5 Å². The molecule has 1 saturated heterocycles. The smallest absolute Gasteiger partial charge is 0.342 e. The lowest BCUT2D eigenvalue weighted by Gasteiger charge is -2.33. The van der Waals surface area contributed by atoms with Crippen LogP contribution < -0.4 is 21.7 Å². The number of hydrogen-bond acceptors (Lipinski definition) is 5. The second kappa shape index (κ2) is 9.48. The lowest BCUT2D eigenvalue weighted by molar-refractivity contribution is -0.137. The molecule has 12 heteroatoms. The van der Waals surface area contributed by atoms with Crippen LogP contribution in [0, 0.1) is 11.8 Å². The summed E-state index contributed by atoms with van der Waals surface area (Å²) in [6.07, 6.45) is -4.54. The van der Waals surface area contributed by atoms with Crippen LogP contribution in [0.25, 0.3) is 0 Å². The van der Waals surface area contributed by atoms with Crippen LogP contribution in [-0.2, 0) is 15.8 Å². The predicted molar refractivity (Wildman–Crippen MR) is 104 cm³/mol. The highest BCUT2D eigenvalue weighted by atomic mass is 32.1. The fourth-order valence-electron chi connectivity index (χ4n) is 2.99. The number of hydrogen-bond donors (Lipinski definition) is 5. The first-order chi connectivity index (χ1) is 13.8. The Bertz CT molecular complexity index is 754. The van der Waals surface area contributed by atoms with Crippen LogP contribution in [-0.4, -0.2) is 42.2 Å². The van der Waals surface area contributed by atoms with E-state index in [0.29, 0.717) is 0 Å². The van der Waals surface area contributed by atoms with E-state index in [2.05, 4.69) is 28.6 Å². The minimum absolute atomic E-state index is 0.0319. The highest BCUT2D eigenvalue weighted by Gasteiger charge is 2.40. The first-order valence-electron chi connectivity index (χ1n) is 9.09. The number of rotatable bonds is 6. The van der Waals surface area contributed by atoms with Gasteiger partial charge >= 0.3 is 6.18 Å². The molecule has 2 rings (SSSR count). The van der Waals surface area contributed by atoms with E-state index >= 15 is 0 Å². The summed E-state index contributed by atoms with van der Waals surface area (Å²) in [5, 5.41) is 6.42. The molecule has 2 amide bonds. The Balaban J connectivity index is 1.90. The van der Waals surface area contributed by atoms with Crippen LogP contribution in [0.1, 0.15) is 18.9 Å². The third-order valence-corrected chi connectivity index (χ3v) is 5.30. The number of amides is 2. The topological polar surface area (TPSA) is 96.2 Å². The van der Waals surface area contributed by atoms with Gasteiger partial charge in [-0.15, -0.1) is 0 Å². The van der Waals surface area contributed by atoms with Gasteiger partial charge in [-0.2, -0.15) is 25.8 Å². The molecule has 0 aliphatic carbocycles. The maximum Gasteiger partial charge on any atom is 0.416 e. The Hall–Kier alpha value is -1.92. The van der Waals surface area contributed by atoms with Crippen molar-refractivity contribution in [2.24, 2.45) is 17.6 Å². The Morgan fingerprint density at radius 3 is 2.30 bits per heavy atom. The molecule has 4 unspecified atom stereocenters. The molecule has 1 heterocycles. The molecule has 0 bridgehead atoms. The molecule has 1 aliphatic rings. The maximum atomic E-state index is 13.5. The summed E-state index contributed by atoms with van der Waals surface area (Å²) in [5.74, 6) is -6.04. The van der Waals surface area contributed by atoms with E-state index < -0.39 is 52.7 Å². The molecule has 1 fully saturated rings. The first-order valence-corrected chi connectivity index (χ1v) is 9.61. The minimum atomic E-state index is -4.51. The zero-order valence-electron chi connectivity index (χ0n) is 16.0. The van der Waals surface area contributed by atoms with E-state index in [4.69, 9.17) is 5.73 Å². The first kappa shape index (κ1) is 24.4. The van der Waals surface area contributed by atoms with Gasteiger partial charge in [-0.1, -0.05) is 0 Å². The summed E-state index contributed by atoms with van der Waals surface area (Å²) >= 11 is 4.09. The molecule has 30 heavy (non-hydrogen) atoms. The largest absolute Gasteiger partial charge is 0.416 e. The molecule has 6 nitrogen and oxygen atoms in total. The molecule has 4 atom stereocenters. The Morgan fingerprint density at radius 1 is 1.17 bits per heavy atom. The Morgan fingerprint density at radius 2 is 1.77 bits per heavy atom. The van der Waals surface area contributed by atoms with Crippen LogP contribution in [0.4, 0.5) is 27.6 Å². The molecule has 1 aromatic rings. The third-order valence-electron chi connectivity index (χ3n) is 4.85.